The number of hydrogen-bond donors (Lipinski definition) is 5. The second kappa shape index (κ2) is 16.8. The van der Waals surface area contributed by atoms with Gasteiger partial charge in [-0.2, -0.15) is 15.0 Å². The number of carbonyl (C=O) groups is 1. The van der Waals surface area contributed by atoms with Crippen molar-refractivity contribution >= 4 is 86.3 Å². The molecule has 0 radical (unpaired) electrons. The summed E-state index contributed by atoms with van der Waals surface area (Å²) in [5, 5.41) is 20.5. The fourth-order valence-electron chi connectivity index (χ4n) is 4.53. The number of aromatic amines is 2. The summed E-state index contributed by atoms with van der Waals surface area (Å²) in [6.07, 6.45) is 3.01. The van der Waals surface area contributed by atoms with Crippen LogP contribution in [0.15, 0.2) is 58.4 Å². The number of anilines is 2. The normalized spacial score (nSPS) is 10.8. The first kappa shape index (κ1) is 38.1. The number of hydrogen-bond acceptors (Lipinski definition) is 10. The minimum Gasteiger partial charge on any atom is -0.352 e. The smallest absolute Gasteiger partial charge is 0.280 e. The van der Waals surface area contributed by atoms with Crippen LogP contribution in [0.3, 0.4) is 0 Å². The molecule has 0 saturated heterocycles. The molecule has 6 aromatic rings. The minimum atomic E-state index is -0.410. The fraction of sp³-hybridized carbons (Fsp3) is 0.258. The molecule has 0 aliphatic rings. The predicted octanol–water partition coefficient (Wildman–Crippen LogP) is 5.05. The van der Waals surface area contributed by atoms with E-state index in [1.54, 1.807) is 35.1 Å². The van der Waals surface area contributed by atoms with E-state index in [0.29, 0.717) is 68.8 Å². The van der Waals surface area contributed by atoms with Gasteiger partial charge in [-0.1, -0.05) is 66.0 Å². The summed E-state index contributed by atoms with van der Waals surface area (Å²) in [6, 6.07) is 10.6. The molecule has 0 atom stereocenters. The molecule has 4 heterocycles. The molecule has 50 heavy (non-hydrogen) atoms. The summed E-state index contributed by atoms with van der Waals surface area (Å²) in [5.41, 5.74) is 2.74. The molecular formula is C31H34Cl4N12O3. The van der Waals surface area contributed by atoms with E-state index < -0.39 is 5.56 Å². The number of halogens is 4. The third-order valence-electron chi connectivity index (χ3n) is 7.11. The van der Waals surface area contributed by atoms with Gasteiger partial charge in [0.1, 0.15) is 11.0 Å². The number of H-pyrrole nitrogens is 2. The average Bonchev–Trinajstić information content (AvgIpc) is 3.69. The van der Waals surface area contributed by atoms with Gasteiger partial charge < -0.3 is 16.0 Å². The highest BCUT2D eigenvalue weighted by Crippen LogP contribution is 2.24. The summed E-state index contributed by atoms with van der Waals surface area (Å²) in [6.45, 7) is 3.54. The number of nitrogens with zero attached hydrogens (tertiary/aromatic N) is 7. The van der Waals surface area contributed by atoms with Crippen LogP contribution >= 0.6 is 46.4 Å². The van der Waals surface area contributed by atoms with Crippen LogP contribution in [-0.4, -0.2) is 66.2 Å². The molecule has 5 N–H and O–H groups in total. The topological polar surface area (TPSA) is 184 Å². The molecule has 0 saturated carbocycles. The Balaban J connectivity index is 0.000000220. The molecule has 1 amide bonds. The molecule has 0 fully saturated rings. The van der Waals surface area contributed by atoms with Crippen molar-refractivity contribution < 1.29 is 4.79 Å². The summed E-state index contributed by atoms with van der Waals surface area (Å²) in [4.78, 5) is 51.4. The second-order valence-electron chi connectivity index (χ2n) is 10.5. The van der Waals surface area contributed by atoms with Crippen LogP contribution in [0.1, 0.15) is 25.5 Å². The van der Waals surface area contributed by atoms with Crippen molar-refractivity contribution in [1.29, 1.82) is 0 Å². The van der Waals surface area contributed by atoms with Crippen LogP contribution in [0.25, 0.3) is 22.1 Å². The molecule has 264 valence electrons. The molecule has 19 heteroatoms. The van der Waals surface area contributed by atoms with Gasteiger partial charge in [-0.3, -0.25) is 29.0 Å². The van der Waals surface area contributed by atoms with Gasteiger partial charge in [0.05, 0.1) is 39.0 Å². The van der Waals surface area contributed by atoms with Gasteiger partial charge in [0, 0.05) is 33.6 Å². The van der Waals surface area contributed by atoms with Crippen LogP contribution in [0.5, 0.6) is 0 Å². The van der Waals surface area contributed by atoms with E-state index in [1.807, 2.05) is 19.2 Å². The summed E-state index contributed by atoms with van der Waals surface area (Å²) < 4.78 is 1.64. The van der Waals surface area contributed by atoms with Crippen LogP contribution in [0, 0.1) is 0 Å². The van der Waals surface area contributed by atoms with Crippen molar-refractivity contribution in [2.45, 2.75) is 34.0 Å². The van der Waals surface area contributed by atoms with E-state index in [2.05, 4.69) is 46.1 Å². The maximum Gasteiger partial charge on any atom is 0.280 e. The highest BCUT2D eigenvalue weighted by Gasteiger charge is 2.16. The first-order valence-corrected chi connectivity index (χ1v) is 16.1. The molecule has 0 spiro atoms. The largest absolute Gasteiger partial charge is 0.352 e. The third-order valence-corrected chi connectivity index (χ3v) is 8.59. The lowest BCUT2D eigenvalue weighted by Crippen LogP contribution is -2.37. The van der Waals surface area contributed by atoms with Gasteiger partial charge in [-0.15, -0.1) is 0 Å². The Morgan fingerprint density at radius 2 is 1.30 bits per heavy atom. The number of nitrogens with one attached hydrogen (secondary N) is 5. The van der Waals surface area contributed by atoms with Crippen LogP contribution in [-0.2, 0) is 24.4 Å². The van der Waals surface area contributed by atoms with Crippen molar-refractivity contribution in [2.75, 3.05) is 36.3 Å². The standard InChI is InChI=1S/C15H14Cl2N6O2.C15H16Cl2N6O.CH4/c1-8(24)22(2)23-13-12(7-19-23)20-15(21-14(13)25)18-6-9-3-4-10(16)11(17)5-9;1-18-4-5-23-13-12(8-20-23)21-15(22-14(13)24)19-7-9-2-3-10(16)11(17)6-9;/h3-5,7H,6H2,1-2H3,(H2,18,20,21,25);2-3,6,8,18H,4-5,7H2,1H3,(H2,19,21,22,24);1H4. The van der Waals surface area contributed by atoms with Gasteiger partial charge in [-0.05, 0) is 42.4 Å². The summed E-state index contributed by atoms with van der Waals surface area (Å²) in [7, 11) is 3.36. The van der Waals surface area contributed by atoms with Gasteiger partial charge in [0.2, 0.25) is 17.8 Å². The molecule has 0 unspecified atom stereocenters. The van der Waals surface area contributed by atoms with Crippen LogP contribution in [0.4, 0.5) is 11.9 Å². The molecular weight excluding hydrogens is 730 g/mol. The number of rotatable bonds is 10. The predicted molar refractivity (Wildman–Crippen MR) is 199 cm³/mol. The number of benzene rings is 2. The van der Waals surface area contributed by atoms with Crippen LogP contribution in [0.2, 0.25) is 20.1 Å². The zero-order valence-electron chi connectivity index (χ0n) is 26.3. The van der Waals surface area contributed by atoms with Crippen molar-refractivity contribution in [1.82, 2.24) is 44.9 Å². The van der Waals surface area contributed by atoms with E-state index in [9.17, 15) is 14.4 Å². The number of carbonyl (C=O) groups excluding carboxylic acids is 1. The second-order valence-corrected chi connectivity index (χ2v) is 12.2. The zero-order valence-corrected chi connectivity index (χ0v) is 29.3. The van der Waals surface area contributed by atoms with Gasteiger partial charge in [-0.25, -0.2) is 15.0 Å². The maximum absolute atomic E-state index is 12.3. The Labute approximate surface area is 305 Å². The monoisotopic (exact) mass is 762 g/mol. The lowest BCUT2D eigenvalue weighted by molar-refractivity contribution is -0.117. The Bertz CT molecular complexity index is 2250. The lowest BCUT2D eigenvalue weighted by atomic mass is 10.2. The Morgan fingerprint density at radius 3 is 1.80 bits per heavy atom. The minimum absolute atomic E-state index is 0. The number of likely N-dealkylation sites (N-methyl/N-ethyl adjacent to an activating group) is 1. The average molecular weight is 765 g/mol. The molecule has 15 nitrogen and oxygen atoms in total. The van der Waals surface area contributed by atoms with Gasteiger partial charge in [0.25, 0.3) is 11.1 Å². The van der Waals surface area contributed by atoms with Crippen molar-refractivity contribution in [3.05, 3.63) is 101 Å². The quantitative estimate of drug-likeness (QED) is 0.127. The highest BCUT2D eigenvalue weighted by molar-refractivity contribution is 6.42. The fourth-order valence-corrected chi connectivity index (χ4v) is 5.17. The van der Waals surface area contributed by atoms with E-state index in [4.69, 9.17) is 46.4 Å². The number of fused-ring (bicyclic) bond motifs is 2. The Morgan fingerprint density at radius 1 is 0.800 bits per heavy atom. The third kappa shape index (κ3) is 8.91. The molecule has 0 bridgehead atoms. The van der Waals surface area contributed by atoms with E-state index >= 15 is 0 Å². The van der Waals surface area contributed by atoms with E-state index in [1.165, 1.54) is 30.0 Å². The number of amides is 1. The molecule has 0 aliphatic heterocycles. The summed E-state index contributed by atoms with van der Waals surface area (Å²) >= 11 is 23.8. The van der Waals surface area contributed by atoms with E-state index in [0.717, 1.165) is 11.1 Å². The van der Waals surface area contributed by atoms with E-state index in [-0.39, 0.29) is 30.4 Å². The van der Waals surface area contributed by atoms with Crippen molar-refractivity contribution in [3.63, 3.8) is 0 Å². The Kier molecular flexibility index (Phi) is 12.8. The summed E-state index contributed by atoms with van der Waals surface area (Å²) in [5.74, 6) is 0.409. The maximum atomic E-state index is 12.3. The van der Waals surface area contributed by atoms with Gasteiger partial charge >= 0.3 is 0 Å². The molecule has 6 rings (SSSR count). The molecule has 0 aliphatic carbocycles. The SMILES string of the molecule is C.CC(=O)N(C)n1ncc2nc(NCc3ccc(Cl)c(Cl)c3)[nH]c(=O)c21.CNCCn1ncc2nc(NCc3ccc(Cl)c(Cl)c3)[nH]c(=O)c21. The van der Waals surface area contributed by atoms with Gasteiger partial charge in [0.15, 0.2) is 11.0 Å². The first-order chi connectivity index (χ1) is 23.4. The lowest BCUT2D eigenvalue weighted by Gasteiger charge is -2.15. The first-order valence-electron chi connectivity index (χ1n) is 14.6. The molecule has 2 aromatic carbocycles. The number of aromatic nitrogens is 8. The zero-order chi connectivity index (χ0) is 35.2. The van der Waals surface area contributed by atoms with Crippen molar-refractivity contribution in [2.24, 2.45) is 0 Å². The molecule has 4 aromatic heterocycles. The Hall–Kier alpha value is -4.67. The van der Waals surface area contributed by atoms with Crippen molar-refractivity contribution in [3.8, 4) is 0 Å². The van der Waals surface area contributed by atoms with Crippen LogP contribution < -0.4 is 32.1 Å². The highest BCUT2D eigenvalue weighted by atomic mass is 35.5.